The van der Waals surface area contributed by atoms with Gasteiger partial charge in [-0.15, -0.1) is 0 Å². The lowest BCUT2D eigenvalue weighted by Crippen LogP contribution is -2.22. The molecule has 0 heteroatoms. The van der Waals surface area contributed by atoms with E-state index in [0.29, 0.717) is 10.8 Å². The molecule has 78 valence electrons. The van der Waals surface area contributed by atoms with E-state index in [9.17, 15) is 0 Å². The van der Waals surface area contributed by atoms with Gasteiger partial charge in [0.05, 0.1) is 0 Å². The Labute approximate surface area is 84.4 Å². The number of allylic oxidation sites excluding steroid dienone is 1. The highest BCUT2D eigenvalue weighted by Crippen LogP contribution is 2.39. The molecule has 0 heterocycles. The molecule has 0 saturated carbocycles. The maximum Gasteiger partial charge on any atom is -0.0142 e. The molecule has 0 rings (SSSR count). The Morgan fingerprint density at radius 3 is 1.85 bits per heavy atom. The molecule has 0 aliphatic rings. The summed E-state index contributed by atoms with van der Waals surface area (Å²) in [7, 11) is 0. The Balaban J connectivity index is 4.30. The summed E-state index contributed by atoms with van der Waals surface area (Å²) in [5.74, 6) is 0. The third-order valence-corrected chi connectivity index (χ3v) is 2.48. The van der Waals surface area contributed by atoms with Crippen LogP contribution in [0.3, 0.4) is 0 Å². The minimum Gasteiger partial charge on any atom is -0.0993 e. The highest BCUT2D eigenvalue weighted by atomic mass is 14.3. The Morgan fingerprint density at radius 1 is 1.08 bits per heavy atom. The molecule has 0 amide bonds. The lowest BCUT2D eigenvalue weighted by atomic mass is 9.71. The SMILES string of the molecule is C=C(CCC)C(C)(C)CC(C)(C)C. The van der Waals surface area contributed by atoms with Crippen LogP contribution < -0.4 is 0 Å². The van der Waals surface area contributed by atoms with Crippen molar-refractivity contribution in [2.45, 2.75) is 60.8 Å². The lowest BCUT2D eigenvalue weighted by Gasteiger charge is -2.34. The smallest absolute Gasteiger partial charge is 0.0142 e. The molecule has 0 unspecified atom stereocenters. The van der Waals surface area contributed by atoms with E-state index >= 15 is 0 Å². The maximum atomic E-state index is 4.20. The standard InChI is InChI=1S/C13H26/c1-8-9-11(2)13(6,7)10-12(3,4)5/h2,8-10H2,1,3-7H3. The number of rotatable bonds is 4. The molecule has 0 aromatic heterocycles. The van der Waals surface area contributed by atoms with Gasteiger partial charge in [0.25, 0.3) is 0 Å². The molecular weight excluding hydrogens is 156 g/mol. The van der Waals surface area contributed by atoms with Crippen LogP contribution in [0, 0.1) is 10.8 Å². The van der Waals surface area contributed by atoms with Crippen molar-refractivity contribution in [2.24, 2.45) is 10.8 Å². The van der Waals surface area contributed by atoms with E-state index in [2.05, 4.69) is 48.1 Å². The third kappa shape index (κ3) is 5.13. The zero-order valence-corrected chi connectivity index (χ0v) is 10.3. The first kappa shape index (κ1) is 12.7. The number of hydrogen-bond donors (Lipinski definition) is 0. The normalized spacial score (nSPS) is 13.1. The Kier molecular flexibility index (Phi) is 4.22. The minimum atomic E-state index is 0.300. The van der Waals surface area contributed by atoms with E-state index in [1.807, 2.05) is 0 Å². The molecule has 13 heavy (non-hydrogen) atoms. The molecule has 0 saturated heterocycles. The van der Waals surface area contributed by atoms with Crippen molar-refractivity contribution in [3.8, 4) is 0 Å². The van der Waals surface area contributed by atoms with Gasteiger partial charge in [0.2, 0.25) is 0 Å². The van der Waals surface area contributed by atoms with Crippen LogP contribution in [-0.2, 0) is 0 Å². The molecule has 0 atom stereocenters. The van der Waals surface area contributed by atoms with Crippen LogP contribution in [0.5, 0.6) is 0 Å². The van der Waals surface area contributed by atoms with Crippen LogP contribution in [0.2, 0.25) is 0 Å². The summed E-state index contributed by atoms with van der Waals surface area (Å²) in [6.45, 7) is 18.0. The van der Waals surface area contributed by atoms with E-state index < -0.39 is 0 Å². The molecule has 0 N–H and O–H groups in total. The average molecular weight is 182 g/mol. The first-order chi connectivity index (χ1) is 5.69. The van der Waals surface area contributed by atoms with Gasteiger partial charge in [-0.25, -0.2) is 0 Å². The molecule has 0 bridgehead atoms. The monoisotopic (exact) mass is 182 g/mol. The summed E-state index contributed by atoms with van der Waals surface area (Å²) in [4.78, 5) is 0. The van der Waals surface area contributed by atoms with Crippen LogP contribution in [-0.4, -0.2) is 0 Å². The lowest BCUT2D eigenvalue weighted by molar-refractivity contribution is 0.245. The van der Waals surface area contributed by atoms with Crippen LogP contribution in [0.15, 0.2) is 12.2 Å². The van der Waals surface area contributed by atoms with Crippen LogP contribution in [0.1, 0.15) is 60.8 Å². The van der Waals surface area contributed by atoms with Crippen molar-refractivity contribution in [3.05, 3.63) is 12.2 Å². The Bertz CT molecular complexity index is 167. The van der Waals surface area contributed by atoms with Gasteiger partial charge < -0.3 is 0 Å². The second-order valence-corrected chi connectivity index (χ2v) is 5.97. The van der Waals surface area contributed by atoms with Gasteiger partial charge in [0, 0.05) is 0 Å². The largest absolute Gasteiger partial charge is 0.0993 e. The Morgan fingerprint density at radius 2 is 1.54 bits per heavy atom. The Hall–Kier alpha value is -0.260. The maximum absolute atomic E-state index is 4.20. The predicted octanol–water partition coefficient (Wildman–Crippen LogP) is 4.81. The zero-order chi connectivity index (χ0) is 10.7. The van der Waals surface area contributed by atoms with Crippen molar-refractivity contribution in [2.75, 3.05) is 0 Å². The van der Waals surface area contributed by atoms with Crippen LogP contribution in [0.25, 0.3) is 0 Å². The summed E-state index contributed by atoms with van der Waals surface area (Å²) >= 11 is 0. The summed E-state index contributed by atoms with van der Waals surface area (Å²) in [6.07, 6.45) is 3.61. The molecule has 0 aliphatic carbocycles. The van der Waals surface area contributed by atoms with Crippen LogP contribution >= 0.6 is 0 Å². The molecule has 0 nitrogen and oxygen atoms in total. The van der Waals surface area contributed by atoms with Crippen molar-refractivity contribution in [1.82, 2.24) is 0 Å². The highest BCUT2D eigenvalue weighted by molar-refractivity contribution is 5.07. The quantitative estimate of drug-likeness (QED) is 0.548. The first-order valence-electron chi connectivity index (χ1n) is 5.37. The zero-order valence-electron chi connectivity index (χ0n) is 10.3. The van der Waals surface area contributed by atoms with Gasteiger partial charge in [-0.2, -0.15) is 0 Å². The molecule has 0 aromatic rings. The topological polar surface area (TPSA) is 0 Å². The third-order valence-electron chi connectivity index (χ3n) is 2.48. The van der Waals surface area contributed by atoms with Gasteiger partial charge in [0.1, 0.15) is 0 Å². The second-order valence-electron chi connectivity index (χ2n) is 5.97. The summed E-state index contributed by atoms with van der Waals surface area (Å²) < 4.78 is 0. The van der Waals surface area contributed by atoms with Crippen molar-refractivity contribution >= 4 is 0 Å². The molecule has 0 radical (unpaired) electrons. The van der Waals surface area contributed by atoms with Crippen molar-refractivity contribution < 1.29 is 0 Å². The summed E-state index contributed by atoms with van der Waals surface area (Å²) in [6, 6.07) is 0. The fraction of sp³-hybridized carbons (Fsp3) is 0.846. The second kappa shape index (κ2) is 4.30. The van der Waals surface area contributed by atoms with Crippen LogP contribution in [0.4, 0.5) is 0 Å². The van der Waals surface area contributed by atoms with Gasteiger partial charge in [-0.1, -0.05) is 60.1 Å². The van der Waals surface area contributed by atoms with E-state index in [1.54, 1.807) is 0 Å². The van der Waals surface area contributed by atoms with E-state index in [1.165, 1.54) is 24.8 Å². The molecule has 0 aromatic carbocycles. The van der Waals surface area contributed by atoms with Crippen molar-refractivity contribution in [1.29, 1.82) is 0 Å². The summed E-state index contributed by atoms with van der Waals surface area (Å²) in [5, 5.41) is 0. The molecule has 0 aliphatic heterocycles. The first-order valence-corrected chi connectivity index (χ1v) is 5.37. The minimum absolute atomic E-state index is 0.300. The summed E-state index contributed by atoms with van der Waals surface area (Å²) in [5.41, 5.74) is 2.11. The fourth-order valence-corrected chi connectivity index (χ4v) is 2.09. The van der Waals surface area contributed by atoms with Gasteiger partial charge >= 0.3 is 0 Å². The van der Waals surface area contributed by atoms with Gasteiger partial charge in [-0.3, -0.25) is 0 Å². The highest BCUT2D eigenvalue weighted by Gasteiger charge is 2.27. The molecule has 0 spiro atoms. The average Bonchev–Trinajstić information content (AvgIpc) is 1.82. The fourth-order valence-electron chi connectivity index (χ4n) is 2.09. The van der Waals surface area contributed by atoms with E-state index in [4.69, 9.17) is 0 Å². The molecule has 0 fully saturated rings. The van der Waals surface area contributed by atoms with Crippen molar-refractivity contribution in [3.63, 3.8) is 0 Å². The number of hydrogen-bond acceptors (Lipinski definition) is 0. The van der Waals surface area contributed by atoms with E-state index in [0.717, 1.165) is 0 Å². The van der Waals surface area contributed by atoms with Gasteiger partial charge in [-0.05, 0) is 23.7 Å². The van der Waals surface area contributed by atoms with E-state index in [-0.39, 0.29) is 0 Å². The van der Waals surface area contributed by atoms with Gasteiger partial charge in [0.15, 0.2) is 0 Å². The predicted molar refractivity (Wildman–Crippen MR) is 61.9 cm³/mol. The molecular formula is C13H26.